The summed E-state index contributed by atoms with van der Waals surface area (Å²) < 4.78 is 45.1. The van der Waals surface area contributed by atoms with Crippen LogP contribution < -0.4 is 19.9 Å². The third kappa shape index (κ3) is 3.85. The molecular weight excluding hydrogens is 451 g/mol. The number of nitriles is 1. The van der Waals surface area contributed by atoms with E-state index in [1.807, 2.05) is 12.1 Å². The molecule has 1 fully saturated rings. The molecule has 4 heterocycles. The van der Waals surface area contributed by atoms with Gasteiger partial charge in [0.25, 0.3) is 0 Å². The summed E-state index contributed by atoms with van der Waals surface area (Å²) >= 11 is 0. The first-order valence-electron chi connectivity index (χ1n) is 10.4. The fourth-order valence-electron chi connectivity index (χ4n) is 4.19. The average molecular weight is 469 g/mol. The second-order valence-electron chi connectivity index (χ2n) is 7.83. The maximum atomic E-state index is 13.1. The first-order chi connectivity index (χ1) is 16.2. The number of halogens is 3. The Morgan fingerprint density at radius 2 is 1.97 bits per heavy atom. The zero-order chi connectivity index (χ0) is 24.0. The van der Waals surface area contributed by atoms with Crippen LogP contribution in [-0.4, -0.2) is 46.8 Å². The lowest BCUT2D eigenvalue weighted by atomic mass is 10.1. The van der Waals surface area contributed by atoms with Gasteiger partial charge in [-0.25, -0.2) is 14.5 Å². The number of aromatic nitrogens is 3. The highest BCUT2D eigenvalue weighted by Gasteiger charge is 2.35. The Morgan fingerprint density at radius 1 is 1.15 bits per heavy atom. The average Bonchev–Trinajstić information content (AvgIpc) is 3.51. The maximum Gasteiger partial charge on any atom is 0.573 e. The first kappa shape index (κ1) is 21.6. The number of anilines is 3. The molecule has 1 N–H and O–H groups in total. The molecule has 1 aromatic carbocycles. The third-order valence-corrected chi connectivity index (χ3v) is 5.61. The summed E-state index contributed by atoms with van der Waals surface area (Å²) in [5, 5.41) is 16.4. The Bertz CT molecular complexity index is 1330. The lowest BCUT2D eigenvalue weighted by molar-refractivity contribution is -0.274. The SMILES string of the molecule is Cc1cc(-n2ccc(N3CCNC3=O)n2)c2c(n1)N(c1ccc(C#N)cc1OC(F)(F)F)CC2. The molecule has 34 heavy (non-hydrogen) atoms. The molecular formula is C22H18F3N7O2. The summed E-state index contributed by atoms with van der Waals surface area (Å²) in [7, 11) is 0. The highest BCUT2D eigenvalue weighted by molar-refractivity contribution is 5.93. The number of rotatable bonds is 4. The van der Waals surface area contributed by atoms with E-state index in [1.165, 1.54) is 17.0 Å². The molecule has 0 saturated carbocycles. The van der Waals surface area contributed by atoms with Gasteiger partial charge in [0.1, 0.15) is 5.82 Å². The number of nitrogens with one attached hydrogen (secondary N) is 1. The lowest BCUT2D eigenvalue weighted by Gasteiger charge is -2.23. The van der Waals surface area contributed by atoms with Crippen molar-refractivity contribution in [2.45, 2.75) is 19.7 Å². The number of hydrogen-bond acceptors (Lipinski definition) is 6. The van der Waals surface area contributed by atoms with Crippen molar-refractivity contribution in [3.63, 3.8) is 0 Å². The summed E-state index contributed by atoms with van der Waals surface area (Å²) in [5.74, 6) is 0.523. The topological polar surface area (TPSA) is 99.3 Å². The number of urea groups is 1. The quantitative estimate of drug-likeness (QED) is 0.627. The predicted octanol–water partition coefficient (Wildman–Crippen LogP) is 3.57. The molecule has 2 amide bonds. The maximum absolute atomic E-state index is 13.1. The fraction of sp³-hybridized carbons (Fsp3) is 0.273. The van der Waals surface area contributed by atoms with Gasteiger partial charge in [0.2, 0.25) is 0 Å². The normalized spacial score (nSPS) is 15.3. The Labute approximate surface area is 192 Å². The van der Waals surface area contributed by atoms with Gasteiger partial charge in [-0.2, -0.15) is 5.26 Å². The van der Waals surface area contributed by atoms with Gasteiger partial charge >= 0.3 is 12.4 Å². The Hall–Kier alpha value is -4.27. The number of amides is 2. The van der Waals surface area contributed by atoms with E-state index in [4.69, 9.17) is 5.26 Å². The second kappa shape index (κ2) is 7.95. The van der Waals surface area contributed by atoms with E-state index in [2.05, 4.69) is 20.1 Å². The number of benzene rings is 1. The molecule has 3 aromatic rings. The highest BCUT2D eigenvalue weighted by Crippen LogP contribution is 2.42. The van der Waals surface area contributed by atoms with E-state index in [-0.39, 0.29) is 17.3 Å². The van der Waals surface area contributed by atoms with Crippen molar-refractivity contribution in [3.8, 4) is 17.5 Å². The van der Waals surface area contributed by atoms with Gasteiger partial charge in [0, 0.05) is 49.2 Å². The second-order valence-corrected chi connectivity index (χ2v) is 7.83. The number of ether oxygens (including phenoxy) is 1. The molecule has 9 nitrogen and oxygen atoms in total. The van der Waals surface area contributed by atoms with Crippen molar-refractivity contribution in [1.29, 1.82) is 5.26 Å². The molecule has 0 aliphatic carbocycles. The number of nitrogens with zero attached hydrogens (tertiary/aromatic N) is 6. The number of hydrogen-bond donors (Lipinski definition) is 1. The van der Waals surface area contributed by atoms with E-state index in [1.54, 1.807) is 28.8 Å². The summed E-state index contributed by atoms with van der Waals surface area (Å²) in [6.45, 7) is 3.20. The molecule has 0 radical (unpaired) electrons. The fourth-order valence-corrected chi connectivity index (χ4v) is 4.19. The van der Waals surface area contributed by atoms with Crippen molar-refractivity contribution in [3.05, 3.63) is 53.3 Å². The van der Waals surface area contributed by atoms with E-state index < -0.39 is 12.1 Å². The highest BCUT2D eigenvalue weighted by atomic mass is 19.4. The molecule has 2 aromatic heterocycles. The minimum Gasteiger partial charge on any atom is -0.404 e. The molecule has 1 saturated heterocycles. The van der Waals surface area contributed by atoms with Gasteiger partial charge in [-0.1, -0.05) is 0 Å². The summed E-state index contributed by atoms with van der Waals surface area (Å²) in [5.41, 5.74) is 2.38. The lowest BCUT2D eigenvalue weighted by Crippen LogP contribution is -2.28. The van der Waals surface area contributed by atoms with Crippen LogP contribution in [0.5, 0.6) is 5.75 Å². The molecule has 2 aliphatic rings. The minimum atomic E-state index is -4.91. The van der Waals surface area contributed by atoms with Gasteiger partial charge in [-0.15, -0.1) is 18.3 Å². The molecule has 0 bridgehead atoms. The van der Waals surface area contributed by atoms with Crippen molar-refractivity contribution in [2.75, 3.05) is 29.4 Å². The Morgan fingerprint density at radius 3 is 2.68 bits per heavy atom. The van der Waals surface area contributed by atoms with Gasteiger partial charge < -0.3 is 15.0 Å². The summed E-state index contributed by atoms with van der Waals surface area (Å²) in [6, 6.07) is 9.12. The van der Waals surface area contributed by atoms with Crippen LogP contribution in [0.2, 0.25) is 0 Å². The van der Waals surface area contributed by atoms with Crippen LogP contribution in [0.15, 0.2) is 36.5 Å². The van der Waals surface area contributed by atoms with Gasteiger partial charge in [0.05, 0.1) is 23.0 Å². The van der Waals surface area contributed by atoms with Crippen LogP contribution in [0.25, 0.3) is 5.69 Å². The van der Waals surface area contributed by atoms with Crippen LogP contribution in [0, 0.1) is 18.3 Å². The van der Waals surface area contributed by atoms with E-state index in [0.717, 1.165) is 17.3 Å². The van der Waals surface area contributed by atoms with Crippen LogP contribution >= 0.6 is 0 Å². The smallest absolute Gasteiger partial charge is 0.404 e. The Kier molecular flexibility index (Phi) is 5.04. The number of carbonyl (C=O) groups is 1. The van der Waals surface area contributed by atoms with E-state index >= 15 is 0 Å². The van der Waals surface area contributed by atoms with E-state index in [9.17, 15) is 18.0 Å². The number of alkyl halides is 3. The Balaban J connectivity index is 1.55. The molecule has 2 aliphatic heterocycles. The summed E-state index contributed by atoms with van der Waals surface area (Å²) in [4.78, 5) is 19.7. The van der Waals surface area contributed by atoms with Gasteiger partial charge in [-0.05, 0) is 31.5 Å². The largest absolute Gasteiger partial charge is 0.573 e. The number of pyridine rings is 1. The monoisotopic (exact) mass is 469 g/mol. The molecule has 0 spiro atoms. The number of carbonyl (C=O) groups excluding carboxylic acids is 1. The first-order valence-corrected chi connectivity index (χ1v) is 10.4. The zero-order valence-electron chi connectivity index (χ0n) is 17.9. The van der Waals surface area contributed by atoms with Crippen molar-refractivity contribution in [1.82, 2.24) is 20.1 Å². The molecule has 174 valence electrons. The molecule has 5 rings (SSSR count). The zero-order valence-corrected chi connectivity index (χ0v) is 17.9. The minimum absolute atomic E-state index is 0.0512. The molecule has 12 heteroatoms. The molecule has 0 atom stereocenters. The third-order valence-electron chi connectivity index (χ3n) is 5.61. The van der Waals surface area contributed by atoms with Crippen LogP contribution in [-0.2, 0) is 6.42 Å². The van der Waals surface area contributed by atoms with Crippen molar-refractivity contribution in [2.24, 2.45) is 0 Å². The standard InChI is InChI=1S/C22H18F3N7O2/c1-13-10-17(32-8-5-19(29-32)31-9-6-27-21(31)33)15-4-7-30(20(15)28-13)16-3-2-14(12-26)11-18(16)34-22(23,24)25/h2-3,5,8,10-11H,4,6-7,9H2,1H3,(H,27,33). The van der Waals surface area contributed by atoms with E-state index in [0.29, 0.717) is 43.4 Å². The van der Waals surface area contributed by atoms with Crippen LogP contribution in [0.1, 0.15) is 16.8 Å². The van der Waals surface area contributed by atoms with Crippen molar-refractivity contribution >= 4 is 23.4 Å². The van der Waals surface area contributed by atoms with Gasteiger partial charge in [0.15, 0.2) is 11.6 Å². The number of fused-ring (bicyclic) bond motifs is 1. The summed E-state index contributed by atoms with van der Waals surface area (Å²) in [6.07, 6.45) is -2.68. The number of aryl methyl sites for hydroxylation is 1. The van der Waals surface area contributed by atoms with Crippen LogP contribution in [0.4, 0.5) is 35.3 Å². The molecule has 0 unspecified atom stereocenters. The van der Waals surface area contributed by atoms with Gasteiger partial charge in [-0.3, -0.25) is 4.90 Å². The predicted molar refractivity (Wildman–Crippen MR) is 115 cm³/mol. The van der Waals surface area contributed by atoms with Crippen LogP contribution in [0.3, 0.4) is 0 Å². The van der Waals surface area contributed by atoms with Crippen molar-refractivity contribution < 1.29 is 22.7 Å².